The van der Waals surface area contributed by atoms with E-state index in [-0.39, 0.29) is 30.3 Å². The Labute approximate surface area is 156 Å². The number of aliphatic carboxylic acids is 1. The van der Waals surface area contributed by atoms with Gasteiger partial charge in [0.25, 0.3) is 0 Å². The minimum absolute atomic E-state index is 0. The fourth-order valence-corrected chi connectivity index (χ4v) is 3.36. The van der Waals surface area contributed by atoms with Gasteiger partial charge >= 0.3 is 5.97 Å². The average Bonchev–Trinajstić information content (AvgIpc) is 2.61. The number of likely N-dealkylation sites (tertiary alicyclic amines) is 1. The molecule has 0 saturated carbocycles. The van der Waals surface area contributed by atoms with Crippen LogP contribution >= 0.6 is 12.4 Å². The van der Waals surface area contributed by atoms with Crippen molar-refractivity contribution in [2.75, 3.05) is 18.4 Å². The van der Waals surface area contributed by atoms with Crippen LogP contribution in [0.5, 0.6) is 0 Å². The number of nitrogens with one attached hydrogen (secondary N) is 1. The molecule has 1 aliphatic rings. The zero-order chi connectivity index (χ0) is 17.7. The molecule has 0 aliphatic carbocycles. The van der Waals surface area contributed by atoms with Gasteiger partial charge in [-0.25, -0.2) is 0 Å². The Kier molecular flexibility index (Phi) is 8.39. The van der Waals surface area contributed by atoms with Crippen molar-refractivity contribution in [2.45, 2.75) is 52.5 Å². The fraction of sp³-hybridized carbons (Fsp3) is 0.579. The molecule has 0 spiro atoms. The van der Waals surface area contributed by atoms with Gasteiger partial charge in [0.2, 0.25) is 5.91 Å². The lowest BCUT2D eigenvalue weighted by Gasteiger charge is -2.34. The number of carbonyl (C=O) groups is 2. The summed E-state index contributed by atoms with van der Waals surface area (Å²) >= 11 is 0. The summed E-state index contributed by atoms with van der Waals surface area (Å²) in [5.74, 6) is -1.20. The number of anilines is 1. The van der Waals surface area contributed by atoms with Crippen molar-refractivity contribution in [3.05, 3.63) is 29.3 Å². The molecule has 5 nitrogen and oxygen atoms in total. The van der Waals surface area contributed by atoms with Crippen LogP contribution in [0.4, 0.5) is 5.69 Å². The maximum absolute atomic E-state index is 12.7. The molecule has 140 valence electrons. The molecule has 0 aromatic heterocycles. The monoisotopic (exact) mass is 368 g/mol. The van der Waals surface area contributed by atoms with Gasteiger partial charge in [-0.3, -0.25) is 14.5 Å². The molecule has 0 radical (unpaired) electrons. The van der Waals surface area contributed by atoms with Crippen LogP contribution in [0.1, 0.15) is 44.7 Å². The molecule has 1 saturated heterocycles. The second-order valence-corrected chi connectivity index (χ2v) is 6.50. The number of carbonyl (C=O) groups excluding carboxylic acids is 1. The van der Waals surface area contributed by atoms with Gasteiger partial charge in [-0.05, 0) is 50.3 Å². The summed E-state index contributed by atoms with van der Waals surface area (Å²) in [6.07, 6.45) is 3.24. The quantitative estimate of drug-likeness (QED) is 0.807. The van der Waals surface area contributed by atoms with Crippen LogP contribution < -0.4 is 5.32 Å². The first-order valence-electron chi connectivity index (χ1n) is 8.86. The Morgan fingerprint density at radius 2 is 1.88 bits per heavy atom. The number of amides is 1. The maximum Gasteiger partial charge on any atom is 0.307 e. The number of aryl methyl sites for hydroxylation is 2. The van der Waals surface area contributed by atoms with Gasteiger partial charge in [0.05, 0.1) is 12.0 Å². The minimum Gasteiger partial charge on any atom is -0.481 e. The van der Waals surface area contributed by atoms with Crippen molar-refractivity contribution in [3.63, 3.8) is 0 Å². The van der Waals surface area contributed by atoms with Crippen molar-refractivity contribution >= 4 is 30.0 Å². The van der Waals surface area contributed by atoms with Crippen LogP contribution in [0, 0.1) is 5.92 Å². The number of para-hydroxylation sites is 1. The normalized spacial score (nSPS) is 18.9. The van der Waals surface area contributed by atoms with Crippen molar-refractivity contribution in [1.29, 1.82) is 0 Å². The van der Waals surface area contributed by atoms with Crippen molar-refractivity contribution in [2.24, 2.45) is 5.92 Å². The molecule has 2 rings (SSSR count). The van der Waals surface area contributed by atoms with E-state index in [9.17, 15) is 14.7 Å². The lowest BCUT2D eigenvalue weighted by molar-refractivity contribution is -0.144. The molecule has 25 heavy (non-hydrogen) atoms. The van der Waals surface area contributed by atoms with Gasteiger partial charge in [0.1, 0.15) is 0 Å². The summed E-state index contributed by atoms with van der Waals surface area (Å²) in [6.45, 7) is 7.24. The van der Waals surface area contributed by atoms with Gasteiger partial charge in [-0.1, -0.05) is 32.0 Å². The van der Waals surface area contributed by atoms with Crippen LogP contribution in [0.3, 0.4) is 0 Å². The highest BCUT2D eigenvalue weighted by Crippen LogP contribution is 2.24. The van der Waals surface area contributed by atoms with E-state index >= 15 is 0 Å². The zero-order valence-corrected chi connectivity index (χ0v) is 16.1. The van der Waals surface area contributed by atoms with Crippen LogP contribution in [0.2, 0.25) is 0 Å². The Morgan fingerprint density at radius 1 is 1.28 bits per heavy atom. The summed E-state index contributed by atoms with van der Waals surface area (Å²) < 4.78 is 0. The number of rotatable bonds is 6. The molecule has 0 bridgehead atoms. The molecular formula is C19H29ClN2O3. The Balaban J connectivity index is 0.00000312. The maximum atomic E-state index is 12.7. The molecule has 1 heterocycles. The molecule has 1 amide bonds. The SMILES string of the molecule is CCc1cccc(CC)c1NC(=O)C(C)N1CCCC(C(=O)O)C1.Cl. The number of carboxylic acids is 1. The summed E-state index contributed by atoms with van der Waals surface area (Å²) in [5.41, 5.74) is 3.19. The minimum atomic E-state index is -0.767. The van der Waals surface area contributed by atoms with E-state index in [0.717, 1.165) is 42.6 Å². The molecule has 2 N–H and O–H groups in total. The van der Waals surface area contributed by atoms with Crippen molar-refractivity contribution in [1.82, 2.24) is 4.90 Å². The largest absolute Gasteiger partial charge is 0.481 e. The van der Waals surface area contributed by atoms with Crippen molar-refractivity contribution < 1.29 is 14.7 Å². The summed E-state index contributed by atoms with van der Waals surface area (Å²) in [5, 5.41) is 12.3. The number of benzene rings is 1. The first-order valence-corrected chi connectivity index (χ1v) is 8.86. The standard InChI is InChI=1S/C19H28N2O3.ClH/c1-4-14-8-6-9-15(5-2)17(14)20-18(22)13(3)21-11-7-10-16(12-21)19(23)24;/h6,8-9,13,16H,4-5,7,10-12H2,1-3H3,(H,20,22)(H,23,24);1H. The van der Waals surface area contributed by atoms with Gasteiger partial charge in [0.15, 0.2) is 0 Å². The third-order valence-electron chi connectivity index (χ3n) is 4.98. The van der Waals surface area contributed by atoms with Gasteiger partial charge in [-0.2, -0.15) is 0 Å². The van der Waals surface area contributed by atoms with Gasteiger partial charge < -0.3 is 10.4 Å². The Bertz CT molecular complexity index is 584. The van der Waals surface area contributed by atoms with E-state index in [4.69, 9.17) is 0 Å². The lowest BCUT2D eigenvalue weighted by atomic mass is 9.97. The second kappa shape index (κ2) is 9.78. The van der Waals surface area contributed by atoms with E-state index in [1.54, 1.807) is 0 Å². The Hall–Kier alpha value is -1.59. The molecular weight excluding hydrogens is 340 g/mol. The van der Waals surface area contributed by atoms with Crippen LogP contribution in [0.15, 0.2) is 18.2 Å². The molecule has 1 aromatic rings. The highest BCUT2D eigenvalue weighted by molar-refractivity contribution is 5.96. The van der Waals surface area contributed by atoms with E-state index in [1.165, 1.54) is 0 Å². The molecule has 2 unspecified atom stereocenters. The Morgan fingerprint density at radius 3 is 2.40 bits per heavy atom. The van der Waals surface area contributed by atoms with E-state index in [0.29, 0.717) is 13.0 Å². The number of carboxylic acid groups (broad SMARTS) is 1. The van der Waals surface area contributed by atoms with Crippen LogP contribution in [-0.4, -0.2) is 41.0 Å². The highest BCUT2D eigenvalue weighted by atomic mass is 35.5. The smallest absolute Gasteiger partial charge is 0.307 e. The number of hydrogen-bond acceptors (Lipinski definition) is 3. The van der Waals surface area contributed by atoms with Crippen LogP contribution in [-0.2, 0) is 22.4 Å². The molecule has 1 fully saturated rings. The zero-order valence-electron chi connectivity index (χ0n) is 15.2. The first-order chi connectivity index (χ1) is 11.5. The third kappa shape index (κ3) is 5.19. The number of nitrogens with zero attached hydrogens (tertiary/aromatic N) is 1. The molecule has 1 aromatic carbocycles. The molecule has 1 aliphatic heterocycles. The summed E-state index contributed by atoms with van der Waals surface area (Å²) in [6, 6.07) is 5.78. The van der Waals surface area contributed by atoms with Gasteiger partial charge in [-0.15, -0.1) is 12.4 Å². The number of piperidine rings is 1. The highest BCUT2D eigenvalue weighted by Gasteiger charge is 2.31. The topological polar surface area (TPSA) is 69.6 Å². The fourth-order valence-electron chi connectivity index (χ4n) is 3.36. The summed E-state index contributed by atoms with van der Waals surface area (Å²) in [7, 11) is 0. The third-order valence-corrected chi connectivity index (χ3v) is 4.98. The molecule has 2 atom stereocenters. The average molecular weight is 369 g/mol. The van der Waals surface area contributed by atoms with E-state index in [2.05, 4.69) is 19.2 Å². The lowest BCUT2D eigenvalue weighted by Crippen LogP contribution is -2.48. The molecule has 6 heteroatoms. The summed E-state index contributed by atoms with van der Waals surface area (Å²) in [4.78, 5) is 25.9. The second-order valence-electron chi connectivity index (χ2n) is 6.50. The number of hydrogen-bond donors (Lipinski definition) is 2. The van der Waals surface area contributed by atoms with E-state index < -0.39 is 5.97 Å². The number of halogens is 1. The predicted octanol–water partition coefficient (Wildman–Crippen LogP) is 3.36. The predicted molar refractivity (Wildman–Crippen MR) is 102 cm³/mol. The van der Waals surface area contributed by atoms with E-state index in [1.807, 2.05) is 30.0 Å². The van der Waals surface area contributed by atoms with Crippen LogP contribution in [0.25, 0.3) is 0 Å². The van der Waals surface area contributed by atoms with Gasteiger partial charge in [0, 0.05) is 12.2 Å². The van der Waals surface area contributed by atoms with Crippen molar-refractivity contribution in [3.8, 4) is 0 Å². The first kappa shape index (κ1) is 21.5.